The predicted molar refractivity (Wildman–Crippen MR) is 91.0 cm³/mol. The fraction of sp³-hybridized carbons (Fsp3) is 0.0556. The van der Waals surface area contributed by atoms with Gasteiger partial charge in [0, 0.05) is 0 Å². The molecule has 0 radical (unpaired) electrons. The number of benzene rings is 2. The van der Waals surface area contributed by atoms with E-state index in [4.69, 9.17) is 4.74 Å². The lowest BCUT2D eigenvalue weighted by molar-refractivity contribution is 0.414. The molecule has 0 amide bonds. The van der Waals surface area contributed by atoms with Crippen molar-refractivity contribution in [3.8, 4) is 17.1 Å². The molecule has 24 heavy (non-hydrogen) atoms. The van der Waals surface area contributed by atoms with Gasteiger partial charge in [0.05, 0.1) is 24.7 Å². The van der Waals surface area contributed by atoms with Gasteiger partial charge in [-0.1, -0.05) is 18.2 Å². The van der Waals surface area contributed by atoms with E-state index < -0.39 is 0 Å². The van der Waals surface area contributed by atoms with E-state index in [0.29, 0.717) is 11.0 Å². The SMILES string of the molecule is COc1ccc(-n2cnc3c(cnn3-c3ccccc3)c2=O)cc1. The van der Waals surface area contributed by atoms with Gasteiger partial charge in [0.15, 0.2) is 5.65 Å². The normalized spacial score (nSPS) is 10.9. The summed E-state index contributed by atoms with van der Waals surface area (Å²) in [5, 5.41) is 4.78. The van der Waals surface area contributed by atoms with E-state index in [1.807, 2.05) is 42.5 Å². The third-order valence-corrected chi connectivity index (χ3v) is 3.84. The number of nitrogens with zero attached hydrogens (tertiary/aromatic N) is 4. The minimum absolute atomic E-state index is 0.160. The van der Waals surface area contributed by atoms with Crippen molar-refractivity contribution < 1.29 is 4.74 Å². The monoisotopic (exact) mass is 318 g/mol. The molecule has 2 aromatic carbocycles. The molecular weight excluding hydrogens is 304 g/mol. The van der Waals surface area contributed by atoms with Crippen LogP contribution in [0.15, 0.2) is 71.9 Å². The fourth-order valence-corrected chi connectivity index (χ4v) is 2.60. The van der Waals surface area contributed by atoms with Crippen molar-refractivity contribution in [2.24, 2.45) is 0 Å². The predicted octanol–water partition coefficient (Wildman–Crippen LogP) is 2.58. The minimum atomic E-state index is -0.160. The van der Waals surface area contributed by atoms with E-state index in [9.17, 15) is 4.79 Å². The van der Waals surface area contributed by atoms with Crippen LogP contribution in [0.1, 0.15) is 0 Å². The van der Waals surface area contributed by atoms with Gasteiger partial charge in [0.25, 0.3) is 5.56 Å². The molecule has 118 valence electrons. The number of ether oxygens (including phenoxy) is 1. The minimum Gasteiger partial charge on any atom is -0.497 e. The summed E-state index contributed by atoms with van der Waals surface area (Å²) in [4.78, 5) is 17.2. The Balaban J connectivity index is 1.86. The van der Waals surface area contributed by atoms with E-state index in [2.05, 4.69) is 10.1 Å². The number of para-hydroxylation sites is 1. The molecule has 2 heterocycles. The topological polar surface area (TPSA) is 61.9 Å². The zero-order valence-corrected chi connectivity index (χ0v) is 13.0. The molecule has 0 saturated heterocycles. The first kappa shape index (κ1) is 14.2. The van der Waals surface area contributed by atoms with E-state index in [1.165, 1.54) is 10.9 Å². The van der Waals surface area contributed by atoms with Gasteiger partial charge in [0.1, 0.15) is 17.5 Å². The maximum atomic E-state index is 12.8. The summed E-state index contributed by atoms with van der Waals surface area (Å²) in [5.74, 6) is 0.734. The Kier molecular flexibility index (Phi) is 3.35. The molecule has 0 fully saturated rings. The molecule has 4 rings (SSSR count). The Morgan fingerprint density at radius 1 is 0.958 bits per heavy atom. The summed E-state index contributed by atoms with van der Waals surface area (Å²) in [5.41, 5.74) is 1.97. The van der Waals surface area contributed by atoms with Crippen molar-refractivity contribution in [1.29, 1.82) is 0 Å². The first-order chi connectivity index (χ1) is 11.8. The number of fused-ring (bicyclic) bond motifs is 1. The van der Waals surface area contributed by atoms with Gasteiger partial charge >= 0.3 is 0 Å². The zero-order valence-electron chi connectivity index (χ0n) is 13.0. The van der Waals surface area contributed by atoms with Crippen LogP contribution in [0.4, 0.5) is 0 Å². The standard InChI is InChI=1S/C18H14N4O2/c1-24-15-9-7-13(8-10-15)21-12-19-17-16(18(21)23)11-20-22(17)14-5-3-2-4-6-14/h2-12H,1H3. The number of hydrogen-bond donors (Lipinski definition) is 0. The van der Waals surface area contributed by atoms with Crippen LogP contribution in [0.5, 0.6) is 5.75 Å². The molecule has 0 bridgehead atoms. The van der Waals surface area contributed by atoms with Gasteiger partial charge < -0.3 is 4.74 Å². The van der Waals surface area contributed by atoms with Crippen LogP contribution >= 0.6 is 0 Å². The van der Waals surface area contributed by atoms with Crippen molar-refractivity contribution in [1.82, 2.24) is 19.3 Å². The number of aromatic nitrogens is 4. The first-order valence-electron chi connectivity index (χ1n) is 7.43. The Bertz CT molecular complexity index is 1050. The molecule has 0 saturated carbocycles. The van der Waals surface area contributed by atoms with Crippen molar-refractivity contribution in [2.45, 2.75) is 0 Å². The molecule has 6 heteroatoms. The highest BCUT2D eigenvalue weighted by atomic mass is 16.5. The molecule has 0 unspecified atom stereocenters. The lowest BCUT2D eigenvalue weighted by Crippen LogP contribution is -2.18. The van der Waals surface area contributed by atoms with Gasteiger partial charge in [-0.05, 0) is 36.4 Å². The van der Waals surface area contributed by atoms with Crippen molar-refractivity contribution >= 4 is 11.0 Å². The molecule has 6 nitrogen and oxygen atoms in total. The average Bonchev–Trinajstić information content (AvgIpc) is 3.08. The lowest BCUT2D eigenvalue weighted by Gasteiger charge is -2.07. The highest BCUT2D eigenvalue weighted by Gasteiger charge is 2.12. The number of hydrogen-bond acceptors (Lipinski definition) is 4. The fourth-order valence-electron chi connectivity index (χ4n) is 2.60. The molecule has 0 N–H and O–H groups in total. The molecule has 0 aliphatic rings. The van der Waals surface area contributed by atoms with Gasteiger partial charge in [-0.25, -0.2) is 9.67 Å². The molecule has 4 aromatic rings. The second-order valence-corrected chi connectivity index (χ2v) is 5.25. The second kappa shape index (κ2) is 5.66. The van der Waals surface area contributed by atoms with Crippen molar-refractivity contribution in [3.63, 3.8) is 0 Å². The van der Waals surface area contributed by atoms with Crippen LogP contribution in [0.25, 0.3) is 22.4 Å². The van der Waals surface area contributed by atoms with Crippen LogP contribution in [0, 0.1) is 0 Å². The van der Waals surface area contributed by atoms with Crippen molar-refractivity contribution in [2.75, 3.05) is 7.11 Å². The average molecular weight is 318 g/mol. The molecule has 0 atom stereocenters. The largest absolute Gasteiger partial charge is 0.497 e. The Hall–Kier alpha value is -3.41. The van der Waals surface area contributed by atoms with Gasteiger partial charge in [-0.2, -0.15) is 5.10 Å². The lowest BCUT2D eigenvalue weighted by atomic mass is 10.3. The molecule has 0 aliphatic heterocycles. The number of methoxy groups -OCH3 is 1. The van der Waals surface area contributed by atoms with Crippen LogP contribution in [-0.2, 0) is 0 Å². The van der Waals surface area contributed by atoms with E-state index in [0.717, 1.165) is 17.1 Å². The van der Waals surface area contributed by atoms with E-state index in [-0.39, 0.29) is 5.56 Å². The maximum absolute atomic E-state index is 12.8. The Labute approximate surface area is 137 Å². The second-order valence-electron chi connectivity index (χ2n) is 5.25. The first-order valence-corrected chi connectivity index (χ1v) is 7.43. The van der Waals surface area contributed by atoms with E-state index in [1.54, 1.807) is 30.1 Å². The summed E-state index contributed by atoms with van der Waals surface area (Å²) in [6, 6.07) is 16.8. The highest BCUT2D eigenvalue weighted by Crippen LogP contribution is 2.16. The third kappa shape index (κ3) is 2.25. The van der Waals surface area contributed by atoms with Crippen LogP contribution < -0.4 is 10.3 Å². The number of rotatable bonds is 3. The van der Waals surface area contributed by atoms with Crippen LogP contribution in [0.3, 0.4) is 0 Å². The van der Waals surface area contributed by atoms with Crippen molar-refractivity contribution in [3.05, 3.63) is 77.5 Å². The smallest absolute Gasteiger partial charge is 0.269 e. The molecule has 0 aliphatic carbocycles. The molecular formula is C18H14N4O2. The summed E-state index contributed by atoms with van der Waals surface area (Å²) in [6.07, 6.45) is 3.07. The highest BCUT2D eigenvalue weighted by molar-refractivity contribution is 5.75. The molecule has 0 spiro atoms. The Morgan fingerprint density at radius 3 is 2.42 bits per heavy atom. The van der Waals surface area contributed by atoms with Gasteiger partial charge in [-0.15, -0.1) is 0 Å². The maximum Gasteiger partial charge on any atom is 0.269 e. The van der Waals surface area contributed by atoms with Gasteiger partial charge in [0.2, 0.25) is 0 Å². The summed E-state index contributed by atoms with van der Waals surface area (Å²) >= 11 is 0. The summed E-state index contributed by atoms with van der Waals surface area (Å²) in [7, 11) is 1.60. The quantitative estimate of drug-likeness (QED) is 0.582. The summed E-state index contributed by atoms with van der Waals surface area (Å²) in [6.45, 7) is 0. The van der Waals surface area contributed by atoms with Crippen LogP contribution in [0.2, 0.25) is 0 Å². The zero-order chi connectivity index (χ0) is 16.5. The third-order valence-electron chi connectivity index (χ3n) is 3.84. The summed E-state index contributed by atoms with van der Waals surface area (Å²) < 4.78 is 8.30. The molecule has 2 aromatic heterocycles. The van der Waals surface area contributed by atoms with Crippen LogP contribution in [-0.4, -0.2) is 26.4 Å². The van der Waals surface area contributed by atoms with Gasteiger partial charge in [-0.3, -0.25) is 9.36 Å². The van der Waals surface area contributed by atoms with E-state index >= 15 is 0 Å². The Morgan fingerprint density at radius 2 is 1.71 bits per heavy atom.